The molecule has 1 aromatic rings. The standard InChI is InChI=1S/C15H19N3O4S/c19-13(10-18-7-8-22-15(18)21)16-3-1-4-17(6-5-16)14(20)12-2-9-23-11-12/h2,9,11H,1,3-8,10H2. The van der Waals surface area contributed by atoms with Crippen molar-refractivity contribution in [2.75, 3.05) is 45.9 Å². The zero-order valence-corrected chi connectivity index (χ0v) is 13.6. The number of thiophene rings is 1. The highest BCUT2D eigenvalue weighted by Crippen LogP contribution is 2.13. The first-order valence-corrected chi connectivity index (χ1v) is 8.60. The number of nitrogens with zero attached hydrogens (tertiary/aromatic N) is 3. The lowest BCUT2D eigenvalue weighted by atomic mass is 10.3. The minimum Gasteiger partial charge on any atom is -0.448 e. The first-order valence-electron chi connectivity index (χ1n) is 7.66. The molecule has 3 amide bonds. The van der Waals surface area contributed by atoms with Gasteiger partial charge in [0.15, 0.2) is 0 Å². The van der Waals surface area contributed by atoms with E-state index in [0.29, 0.717) is 44.9 Å². The average molecular weight is 337 g/mol. The minimum absolute atomic E-state index is 0.0173. The fourth-order valence-corrected chi connectivity index (χ4v) is 3.40. The first kappa shape index (κ1) is 15.8. The van der Waals surface area contributed by atoms with Gasteiger partial charge in [-0.3, -0.25) is 14.5 Å². The molecule has 3 heterocycles. The van der Waals surface area contributed by atoms with Crippen molar-refractivity contribution in [3.63, 3.8) is 0 Å². The van der Waals surface area contributed by atoms with Crippen LogP contribution in [0.3, 0.4) is 0 Å². The Balaban J connectivity index is 1.54. The van der Waals surface area contributed by atoms with E-state index >= 15 is 0 Å². The Morgan fingerprint density at radius 2 is 1.91 bits per heavy atom. The summed E-state index contributed by atoms with van der Waals surface area (Å²) in [5.41, 5.74) is 0.703. The van der Waals surface area contributed by atoms with Gasteiger partial charge in [0.1, 0.15) is 13.2 Å². The van der Waals surface area contributed by atoms with Gasteiger partial charge in [0.2, 0.25) is 5.91 Å². The van der Waals surface area contributed by atoms with Gasteiger partial charge in [-0.1, -0.05) is 0 Å². The predicted molar refractivity (Wildman–Crippen MR) is 84.3 cm³/mol. The molecule has 3 rings (SSSR count). The highest BCUT2D eigenvalue weighted by atomic mass is 32.1. The molecule has 8 heteroatoms. The summed E-state index contributed by atoms with van der Waals surface area (Å²) < 4.78 is 4.83. The molecule has 23 heavy (non-hydrogen) atoms. The smallest absolute Gasteiger partial charge is 0.410 e. The quantitative estimate of drug-likeness (QED) is 0.821. The zero-order chi connectivity index (χ0) is 16.2. The molecule has 0 radical (unpaired) electrons. The van der Waals surface area contributed by atoms with E-state index in [1.165, 1.54) is 16.2 Å². The fraction of sp³-hybridized carbons (Fsp3) is 0.533. The number of rotatable bonds is 3. The lowest BCUT2D eigenvalue weighted by Crippen LogP contribution is -2.42. The molecular formula is C15H19N3O4S. The van der Waals surface area contributed by atoms with Crippen molar-refractivity contribution >= 4 is 29.2 Å². The molecule has 2 saturated heterocycles. The highest BCUT2D eigenvalue weighted by molar-refractivity contribution is 7.08. The third-order valence-corrected chi connectivity index (χ3v) is 4.76. The maximum Gasteiger partial charge on any atom is 0.410 e. The maximum absolute atomic E-state index is 12.4. The van der Waals surface area contributed by atoms with Crippen LogP contribution in [0.4, 0.5) is 4.79 Å². The van der Waals surface area contributed by atoms with Gasteiger partial charge >= 0.3 is 6.09 Å². The van der Waals surface area contributed by atoms with Crippen LogP contribution in [0.25, 0.3) is 0 Å². The molecule has 0 saturated carbocycles. The van der Waals surface area contributed by atoms with Crippen LogP contribution in [0, 0.1) is 0 Å². The van der Waals surface area contributed by atoms with E-state index in [1.54, 1.807) is 9.80 Å². The lowest BCUT2D eigenvalue weighted by molar-refractivity contribution is -0.131. The van der Waals surface area contributed by atoms with Gasteiger partial charge in [0, 0.05) is 31.6 Å². The van der Waals surface area contributed by atoms with Gasteiger partial charge in [0.05, 0.1) is 12.1 Å². The molecular weight excluding hydrogens is 318 g/mol. The average Bonchev–Trinajstić information content (AvgIpc) is 3.14. The number of ether oxygens (including phenoxy) is 1. The van der Waals surface area contributed by atoms with E-state index in [0.717, 1.165) is 6.42 Å². The van der Waals surface area contributed by atoms with Crippen LogP contribution in [0.15, 0.2) is 16.8 Å². The summed E-state index contributed by atoms with van der Waals surface area (Å²) >= 11 is 1.50. The normalized spacial score (nSPS) is 18.8. The van der Waals surface area contributed by atoms with E-state index in [4.69, 9.17) is 4.74 Å². The topological polar surface area (TPSA) is 70.2 Å². The molecule has 0 spiro atoms. The van der Waals surface area contributed by atoms with E-state index in [9.17, 15) is 14.4 Å². The minimum atomic E-state index is -0.428. The SMILES string of the molecule is O=C(CN1CCOC1=O)N1CCCN(C(=O)c2ccsc2)CC1. The Kier molecular flexibility index (Phi) is 4.80. The van der Waals surface area contributed by atoms with Crippen LogP contribution >= 0.6 is 11.3 Å². The van der Waals surface area contributed by atoms with E-state index < -0.39 is 6.09 Å². The molecule has 124 valence electrons. The molecule has 0 bridgehead atoms. The van der Waals surface area contributed by atoms with E-state index in [-0.39, 0.29) is 18.4 Å². The monoisotopic (exact) mass is 337 g/mol. The predicted octanol–water partition coefficient (Wildman–Crippen LogP) is 0.875. The molecule has 7 nitrogen and oxygen atoms in total. The van der Waals surface area contributed by atoms with Gasteiger partial charge in [-0.2, -0.15) is 11.3 Å². The van der Waals surface area contributed by atoms with Crippen molar-refractivity contribution in [2.24, 2.45) is 0 Å². The Morgan fingerprint density at radius 3 is 2.61 bits per heavy atom. The summed E-state index contributed by atoms with van der Waals surface area (Å²) in [6, 6.07) is 1.82. The summed E-state index contributed by atoms with van der Waals surface area (Å²) in [5, 5.41) is 3.73. The summed E-state index contributed by atoms with van der Waals surface area (Å²) in [6.07, 6.45) is 0.314. The largest absolute Gasteiger partial charge is 0.448 e. The molecule has 0 N–H and O–H groups in total. The van der Waals surface area contributed by atoms with Gasteiger partial charge in [-0.05, 0) is 17.9 Å². The third kappa shape index (κ3) is 3.64. The molecule has 2 aliphatic heterocycles. The Labute approximate surface area is 138 Å². The van der Waals surface area contributed by atoms with Crippen LogP contribution in [-0.2, 0) is 9.53 Å². The van der Waals surface area contributed by atoms with Crippen molar-refractivity contribution in [3.8, 4) is 0 Å². The van der Waals surface area contributed by atoms with Crippen LogP contribution < -0.4 is 0 Å². The lowest BCUT2D eigenvalue weighted by Gasteiger charge is -2.23. The second-order valence-electron chi connectivity index (χ2n) is 5.57. The number of carbonyl (C=O) groups is 3. The van der Waals surface area contributed by atoms with Gasteiger partial charge in [-0.25, -0.2) is 4.79 Å². The summed E-state index contributed by atoms with van der Waals surface area (Å²) in [4.78, 5) is 41.1. The van der Waals surface area contributed by atoms with Crippen molar-refractivity contribution in [1.82, 2.24) is 14.7 Å². The van der Waals surface area contributed by atoms with E-state index in [1.807, 2.05) is 16.8 Å². The summed E-state index contributed by atoms with van der Waals surface area (Å²) in [7, 11) is 0. The molecule has 2 aliphatic rings. The number of cyclic esters (lactones) is 1. The maximum atomic E-state index is 12.4. The number of hydrogen-bond acceptors (Lipinski definition) is 5. The fourth-order valence-electron chi connectivity index (χ4n) is 2.77. The van der Waals surface area contributed by atoms with Crippen molar-refractivity contribution in [3.05, 3.63) is 22.4 Å². The third-order valence-electron chi connectivity index (χ3n) is 4.08. The van der Waals surface area contributed by atoms with Crippen molar-refractivity contribution in [2.45, 2.75) is 6.42 Å². The zero-order valence-electron chi connectivity index (χ0n) is 12.8. The first-order chi connectivity index (χ1) is 11.1. The molecule has 0 aliphatic carbocycles. The Bertz CT molecular complexity index is 590. The van der Waals surface area contributed by atoms with Gasteiger partial charge < -0.3 is 14.5 Å². The number of carbonyl (C=O) groups excluding carboxylic acids is 3. The summed E-state index contributed by atoms with van der Waals surface area (Å²) in [6.45, 7) is 3.12. The van der Waals surface area contributed by atoms with Crippen molar-refractivity contribution in [1.29, 1.82) is 0 Å². The van der Waals surface area contributed by atoms with E-state index in [2.05, 4.69) is 0 Å². The molecule has 1 aromatic heterocycles. The van der Waals surface area contributed by atoms with Gasteiger partial charge in [-0.15, -0.1) is 0 Å². The van der Waals surface area contributed by atoms with Crippen LogP contribution in [0.2, 0.25) is 0 Å². The highest BCUT2D eigenvalue weighted by Gasteiger charge is 2.28. The molecule has 2 fully saturated rings. The van der Waals surface area contributed by atoms with Crippen LogP contribution in [-0.4, -0.2) is 78.5 Å². The second-order valence-corrected chi connectivity index (χ2v) is 6.35. The molecule has 0 unspecified atom stereocenters. The second kappa shape index (κ2) is 6.99. The Hall–Kier alpha value is -2.09. The summed E-state index contributed by atoms with van der Waals surface area (Å²) in [5.74, 6) is -0.0719. The molecule has 0 atom stereocenters. The van der Waals surface area contributed by atoms with Crippen LogP contribution in [0.5, 0.6) is 0 Å². The Morgan fingerprint density at radius 1 is 1.13 bits per heavy atom. The van der Waals surface area contributed by atoms with Crippen LogP contribution in [0.1, 0.15) is 16.8 Å². The number of amides is 3. The van der Waals surface area contributed by atoms with Crippen molar-refractivity contribution < 1.29 is 19.1 Å². The van der Waals surface area contributed by atoms with Gasteiger partial charge in [0.25, 0.3) is 5.91 Å². The molecule has 0 aromatic carbocycles. The number of hydrogen-bond donors (Lipinski definition) is 0.